The number of sulfone groups is 1. The topological polar surface area (TPSA) is 74.7 Å². The molecule has 7 heteroatoms. The monoisotopic (exact) mass is 324 g/mol. The summed E-state index contributed by atoms with van der Waals surface area (Å²) in [5.41, 5.74) is 1.02. The molecule has 0 spiro atoms. The smallest absolute Gasteiger partial charge is 0.193 e. The molecule has 6 nitrogen and oxygen atoms in total. The van der Waals surface area contributed by atoms with Gasteiger partial charge in [-0.3, -0.25) is 9.98 Å². The van der Waals surface area contributed by atoms with Crippen molar-refractivity contribution in [2.45, 2.75) is 25.0 Å². The van der Waals surface area contributed by atoms with Gasteiger partial charge < -0.3 is 10.2 Å². The fourth-order valence-corrected chi connectivity index (χ4v) is 3.87. The Balaban J connectivity index is 1.93. The van der Waals surface area contributed by atoms with Gasteiger partial charge in [0.1, 0.15) is 0 Å². The van der Waals surface area contributed by atoms with Crippen molar-refractivity contribution in [1.29, 1.82) is 0 Å². The second kappa shape index (κ2) is 6.64. The van der Waals surface area contributed by atoms with Crippen LogP contribution in [0.5, 0.6) is 0 Å². The van der Waals surface area contributed by atoms with Gasteiger partial charge in [-0.2, -0.15) is 0 Å². The molecule has 1 N–H and O–H groups in total. The van der Waals surface area contributed by atoms with Gasteiger partial charge in [0.05, 0.1) is 10.5 Å². The minimum atomic E-state index is -3.03. The molecule has 1 fully saturated rings. The lowest BCUT2D eigenvalue weighted by Crippen LogP contribution is -2.57. The van der Waals surface area contributed by atoms with E-state index in [1.165, 1.54) is 0 Å². The zero-order valence-corrected chi connectivity index (χ0v) is 14.2. The van der Waals surface area contributed by atoms with Gasteiger partial charge in [0.15, 0.2) is 15.8 Å². The molecule has 1 aromatic rings. The van der Waals surface area contributed by atoms with Crippen molar-refractivity contribution < 1.29 is 8.42 Å². The van der Waals surface area contributed by atoms with Crippen LogP contribution in [-0.2, 0) is 16.3 Å². The zero-order chi connectivity index (χ0) is 16.2. The van der Waals surface area contributed by atoms with Crippen LogP contribution < -0.4 is 5.32 Å². The van der Waals surface area contributed by atoms with E-state index in [2.05, 4.69) is 15.3 Å². The molecular weight excluding hydrogens is 300 g/mol. The Morgan fingerprint density at radius 1 is 1.45 bits per heavy atom. The summed E-state index contributed by atoms with van der Waals surface area (Å²) >= 11 is 0. The van der Waals surface area contributed by atoms with E-state index in [1.807, 2.05) is 23.1 Å². The summed E-state index contributed by atoms with van der Waals surface area (Å²) in [6.07, 6.45) is 2.58. The predicted octanol–water partition coefficient (Wildman–Crippen LogP) is 0.709. The fraction of sp³-hybridized carbons (Fsp3) is 0.600. The highest BCUT2D eigenvalue weighted by atomic mass is 32.2. The van der Waals surface area contributed by atoms with Crippen molar-refractivity contribution in [3.63, 3.8) is 0 Å². The molecule has 0 aromatic carbocycles. The molecule has 0 saturated carbocycles. The molecule has 0 bridgehead atoms. The van der Waals surface area contributed by atoms with E-state index in [-0.39, 0.29) is 5.75 Å². The van der Waals surface area contributed by atoms with Crippen LogP contribution in [-0.4, -0.2) is 61.4 Å². The predicted molar refractivity (Wildman–Crippen MR) is 88.7 cm³/mol. The number of rotatable bonds is 3. The Hall–Kier alpha value is -1.63. The molecule has 2 heterocycles. The Bertz CT molecular complexity index is 626. The molecule has 1 saturated heterocycles. The van der Waals surface area contributed by atoms with Gasteiger partial charge in [0.2, 0.25) is 0 Å². The van der Waals surface area contributed by atoms with Crippen molar-refractivity contribution in [1.82, 2.24) is 15.2 Å². The number of guanidine groups is 1. The SMILES string of the molecule is CN=C(NCCc1ccccn1)N1CCS(=O)(=O)C(C)(C)C1. The third-order valence-corrected chi connectivity index (χ3v) is 6.48. The lowest BCUT2D eigenvalue weighted by atomic mass is 10.2. The molecule has 122 valence electrons. The van der Waals surface area contributed by atoms with Gasteiger partial charge in [-0.25, -0.2) is 8.42 Å². The van der Waals surface area contributed by atoms with Crippen LogP contribution in [0.4, 0.5) is 0 Å². The largest absolute Gasteiger partial charge is 0.356 e. The summed E-state index contributed by atoms with van der Waals surface area (Å²) in [5.74, 6) is 0.917. The Kier molecular flexibility index (Phi) is 5.05. The molecule has 2 rings (SSSR count). The average Bonchev–Trinajstić information content (AvgIpc) is 2.48. The minimum absolute atomic E-state index is 0.168. The standard InChI is InChI=1S/C15H24N4O2S/c1-15(2)12-19(10-11-22(15,20)21)14(16-3)18-9-7-13-6-4-5-8-17-13/h4-6,8H,7,9-12H2,1-3H3,(H,16,18). The van der Waals surface area contributed by atoms with E-state index >= 15 is 0 Å². The van der Waals surface area contributed by atoms with Gasteiger partial charge in [-0.1, -0.05) is 6.07 Å². The van der Waals surface area contributed by atoms with Gasteiger partial charge in [0, 0.05) is 45.0 Å². The van der Waals surface area contributed by atoms with Crippen LogP contribution in [0.2, 0.25) is 0 Å². The van der Waals surface area contributed by atoms with Crippen LogP contribution in [0.15, 0.2) is 29.4 Å². The van der Waals surface area contributed by atoms with Gasteiger partial charge in [0.25, 0.3) is 0 Å². The van der Waals surface area contributed by atoms with Crippen LogP contribution in [0.3, 0.4) is 0 Å². The number of pyridine rings is 1. The first-order chi connectivity index (χ1) is 10.4. The van der Waals surface area contributed by atoms with Gasteiger partial charge >= 0.3 is 0 Å². The number of nitrogens with one attached hydrogen (secondary N) is 1. The highest BCUT2D eigenvalue weighted by Crippen LogP contribution is 2.23. The maximum Gasteiger partial charge on any atom is 0.193 e. The molecule has 0 unspecified atom stereocenters. The van der Waals surface area contributed by atoms with E-state index in [1.54, 1.807) is 27.1 Å². The van der Waals surface area contributed by atoms with Crippen LogP contribution >= 0.6 is 0 Å². The van der Waals surface area contributed by atoms with Crippen molar-refractivity contribution >= 4 is 15.8 Å². The highest BCUT2D eigenvalue weighted by molar-refractivity contribution is 7.92. The molecule has 0 radical (unpaired) electrons. The lowest BCUT2D eigenvalue weighted by molar-refractivity contribution is 0.353. The van der Waals surface area contributed by atoms with Crippen LogP contribution in [0.25, 0.3) is 0 Å². The Morgan fingerprint density at radius 2 is 2.23 bits per heavy atom. The van der Waals surface area contributed by atoms with Crippen LogP contribution in [0, 0.1) is 0 Å². The Morgan fingerprint density at radius 3 is 2.82 bits per heavy atom. The van der Waals surface area contributed by atoms with Gasteiger partial charge in [-0.05, 0) is 26.0 Å². The third kappa shape index (κ3) is 3.76. The lowest BCUT2D eigenvalue weighted by Gasteiger charge is -2.39. The molecule has 0 atom stereocenters. The number of aromatic nitrogens is 1. The summed E-state index contributed by atoms with van der Waals surface area (Å²) in [6, 6.07) is 5.85. The molecule has 0 aliphatic carbocycles. The summed E-state index contributed by atoms with van der Waals surface area (Å²) in [5, 5.41) is 3.29. The van der Waals surface area contributed by atoms with Crippen molar-refractivity contribution in [2.24, 2.45) is 4.99 Å². The first-order valence-electron chi connectivity index (χ1n) is 7.43. The van der Waals surface area contributed by atoms with Crippen molar-refractivity contribution in [3.05, 3.63) is 30.1 Å². The maximum atomic E-state index is 12.1. The first kappa shape index (κ1) is 16.7. The zero-order valence-electron chi connectivity index (χ0n) is 13.4. The Labute approximate surface area is 132 Å². The minimum Gasteiger partial charge on any atom is -0.356 e. The summed E-state index contributed by atoms with van der Waals surface area (Å²) in [6.45, 7) is 5.20. The third-order valence-electron chi connectivity index (χ3n) is 3.95. The highest BCUT2D eigenvalue weighted by Gasteiger charge is 2.40. The normalized spacial score (nSPS) is 20.7. The van der Waals surface area contributed by atoms with Gasteiger partial charge in [-0.15, -0.1) is 0 Å². The summed E-state index contributed by atoms with van der Waals surface area (Å²) in [7, 11) is -1.31. The molecular formula is C15H24N4O2S. The molecule has 22 heavy (non-hydrogen) atoms. The maximum absolute atomic E-state index is 12.1. The van der Waals surface area contributed by atoms with E-state index in [0.29, 0.717) is 19.6 Å². The quantitative estimate of drug-likeness (QED) is 0.655. The summed E-state index contributed by atoms with van der Waals surface area (Å²) in [4.78, 5) is 10.6. The van der Waals surface area contributed by atoms with Crippen LogP contribution in [0.1, 0.15) is 19.5 Å². The molecule has 1 aliphatic heterocycles. The summed E-state index contributed by atoms with van der Waals surface area (Å²) < 4.78 is 23.4. The number of nitrogens with zero attached hydrogens (tertiary/aromatic N) is 3. The molecule has 1 aromatic heterocycles. The fourth-order valence-electron chi connectivity index (χ4n) is 2.51. The molecule has 0 amide bonds. The average molecular weight is 324 g/mol. The number of hydrogen-bond acceptors (Lipinski definition) is 4. The van der Waals surface area contributed by atoms with Crippen molar-refractivity contribution in [3.8, 4) is 0 Å². The second-order valence-corrected chi connectivity index (χ2v) is 8.79. The number of hydrogen-bond donors (Lipinski definition) is 1. The number of aliphatic imine (C=N–C) groups is 1. The van der Waals surface area contributed by atoms with E-state index in [4.69, 9.17) is 0 Å². The first-order valence-corrected chi connectivity index (χ1v) is 9.09. The van der Waals surface area contributed by atoms with E-state index in [9.17, 15) is 8.42 Å². The van der Waals surface area contributed by atoms with Crippen molar-refractivity contribution in [2.75, 3.05) is 32.4 Å². The second-order valence-electron chi connectivity index (χ2n) is 6.05. The van der Waals surface area contributed by atoms with E-state index < -0.39 is 14.6 Å². The van der Waals surface area contributed by atoms with E-state index in [0.717, 1.165) is 18.1 Å². The molecule has 1 aliphatic rings.